The van der Waals surface area contributed by atoms with E-state index >= 15 is 0 Å². The van der Waals surface area contributed by atoms with Crippen molar-refractivity contribution in [3.63, 3.8) is 0 Å². The van der Waals surface area contributed by atoms with Gasteiger partial charge in [-0.15, -0.1) is 0 Å². The highest BCUT2D eigenvalue weighted by molar-refractivity contribution is 5.82. The van der Waals surface area contributed by atoms with Crippen LogP contribution < -0.4 is 0 Å². The third kappa shape index (κ3) is 6.84. The summed E-state index contributed by atoms with van der Waals surface area (Å²) >= 11 is 0. The zero-order valence-electron chi connectivity index (χ0n) is 16.5. The second-order valence-corrected chi connectivity index (χ2v) is 7.44. The molecule has 0 bridgehead atoms. The van der Waals surface area contributed by atoms with Crippen molar-refractivity contribution in [3.8, 4) is 0 Å². The minimum atomic E-state index is -0.694. The summed E-state index contributed by atoms with van der Waals surface area (Å²) < 4.78 is 21.6. The van der Waals surface area contributed by atoms with Gasteiger partial charge in [-0.2, -0.15) is 0 Å². The summed E-state index contributed by atoms with van der Waals surface area (Å²) in [6, 6.07) is 9.19. The second kappa shape index (κ2) is 9.71. The van der Waals surface area contributed by atoms with Crippen molar-refractivity contribution in [2.24, 2.45) is 0 Å². The number of carbonyl (C=O) groups is 2. The van der Waals surface area contributed by atoms with E-state index in [4.69, 9.17) is 18.9 Å². The van der Waals surface area contributed by atoms with Gasteiger partial charge in [0, 0.05) is 6.42 Å². The monoisotopic (exact) mass is 379 g/mol. The zero-order valence-corrected chi connectivity index (χ0v) is 16.5. The Bertz CT molecular complexity index is 613. The number of ether oxygens (including phenoxy) is 4. The van der Waals surface area contributed by atoms with Gasteiger partial charge in [0.05, 0.1) is 39.6 Å². The topological polar surface area (TPSA) is 74.3 Å². The van der Waals surface area contributed by atoms with E-state index < -0.39 is 23.7 Å². The Morgan fingerprint density at radius 2 is 1.85 bits per heavy atom. The molecule has 0 saturated carbocycles. The van der Waals surface area contributed by atoms with Crippen molar-refractivity contribution in [3.05, 3.63) is 35.9 Å². The van der Waals surface area contributed by atoms with E-state index in [1.165, 1.54) is 12.0 Å². The molecule has 1 aromatic carbocycles. The van der Waals surface area contributed by atoms with E-state index in [-0.39, 0.29) is 12.6 Å². The molecule has 1 heterocycles. The first-order valence-electron chi connectivity index (χ1n) is 9.11. The van der Waals surface area contributed by atoms with Gasteiger partial charge in [0.25, 0.3) is 0 Å². The van der Waals surface area contributed by atoms with Crippen LogP contribution in [0.3, 0.4) is 0 Å². The van der Waals surface area contributed by atoms with Crippen LogP contribution in [0.2, 0.25) is 0 Å². The Morgan fingerprint density at radius 1 is 1.15 bits per heavy atom. The molecule has 1 aromatic rings. The van der Waals surface area contributed by atoms with E-state index in [1.54, 1.807) is 20.8 Å². The largest absolute Gasteiger partial charge is 0.467 e. The minimum Gasteiger partial charge on any atom is -0.467 e. The first-order chi connectivity index (χ1) is 12.8. The van der Waals surface area contributed by atoms with Gasteiger partial charge < -0.3 is 18.9 Å². The summed E-state index contributed by atoms with van der Waals surface area (Å²) in [6.07, 6.45) is -0.420. The SMILES string of the molecule is COC(=O)[C@@H]1C[C@@H](OCCOCc2ccccc2)CN1C(=O)OC(C)(C)C. The second-order valence-electron chi connectivity index (χ2n) is 7.44. The van der Waals surface area contributed by atoms with Crippen molar-refractivity contribution in [1.82, 2.24) is 4.90 Å². The molecular weight excluding hydrogens is 350 g/mol. The molecule has 27 heavy (non-hydrogen) atoms. The first-order valence-corrected chi connectivity index (χ1v) is 9.11. The van der Waals surface area contributed by atoms with Crippen LogP contribution >= 0.6 is 0 Å². The predicted octanol–water partition coefficient (Wildman–Crippen LogP) is 2.77. The Kier molecular flexibility index (Phi) is 7.62. The molecule has 7 heteroatoms. The van der Waals surface area contributed by atoms with E-state index in [1.807, 2.05) is 30.3 Å². The lowest BCUT2D eigenvalue weighted by molar-refractivity contribution is -0.145. The fourth-order valence-corrected chi connectivity index (χ4v) is 2.84. The first kappa shape index (κ1) is 21.2. The minimum absolute atomic E-state index is 0.262. The van der Waals surface area contributed by atoms with E-state index in [0.717, 1.165) is 5.56 Å². The predicted molar refractivity (Wildman–Crippen MR) is 99.2 cm³/mol. The van der Waals surface area contributed by atoms with Crippen LogP contribution in [0.25, 0.3) is 0 Å². The molecule has 1 amide bonds. The summed E-state index contributed by atoms with van der Waals surface area (Å²) in [6.45, 7) is 6.97. The average Bonchev–Trinajstić information content (AvgIpc) is 3.04. The number of benzene rings is 1. The lowest BCUT2D eigenvalue weighted by atomic mass is 10.2. The normalized spacial score (nSPS) is 19.8. The molecule has 0 radical (unpaired) electrons. The molecule has 7 nitrogen and oxygen atoms in total. The summed E-state index contributed by atoms with van der Waals surface area (Å²) in [5, 5.41) is 0. The number of nitrogens with zero attached hydrogens (tertiary/aromatic N) is 1. The van der Waals surface area contributed by atoms with Gasteiger partial charge in [-0.3, -0.25) is 4.90 Å². The summed E-state index contributed by atoms with van der Waals surface area (Å²) in [4.78, 5) is 25.8. The molecule has 0 aromatic heterocycles. The highest BCUT2D eigenvalue weighted by Crippen LogP contribution is 2.24. The quantitative estimate of drug-likeness (QED) is 0.536. The number of esters is 1. The Labute approximate surface area is 160 Å². The molecule has 1 aliphatic heterocycles. The van der Waals surface area contributed by atoms with Gasteiger partial charge in [0.15, 0.2) is 0 Å². The summed E-state index contributed by atoms with van der Waals surface area (Å²) in [7, 11) is 1.31. The van der Waals surface area contributed by atoms with Crippen LogP contribution in [-0.4, -0.2) is 61.6 Å². The molecule has 2 atom stereocenters. The molecule has 0 aliphatic carbocycles. The Hall–Kier alpha value is -2.12. The number of hydrogen-bond acceptors (Lipinski definition) is 6. The summed E-state index contributed by atoms with van der Waals surface area (Å²) in [5.74, 6) is -0.465. The van der Waals surface area contributed by atoms with Crippen LogP contribution in [-0.2, 0) is 30.3 Å². The molecule has 0 N–H and O–H groups in total. The highest BCUT2D eigenvalue weighted by atomic mass is 16.6. The van der Waals surface area contributed by atoms with Crippen LogP contribution in [0.15, 0.2) is 30.3 Å². The summed E-state index contributed by atoms with van der Waals surface area (Å²) in [5.41, 5.74) is 0.460. The molecular formula is C20H29NO6. The van der Waals surface area contributed by atoms with E-state index in [9.17, 15) is 9.59 Å². The molecule has 0 unspecified atom stereocenters. The standard InChI is InChI=1S/C20H29NO6/c1-20(2,3)27-19(23)21-13-16(12-17(21)18(22)24-4)26-11-10-25-14-15-8-6-5-7-9-15/h5-9,16-17H,10-14H2,1-4H3/t16-,17+/m1/s1. The number of carbonyl (C=O) groups excluding carboxylic acids is 2. The van der Waals surface area contributed by atoms with Crippen molar-refractivity contribution in [2.75, 3.05) is 26.9 Å². The smallest absolute Gasteiger partial charge is 0.411 e. The maximum Gasteiger partial charge on any atom is 0.411 e. The lowest BCUT2D eigenvalue weighted by Gasteiger charge is -2.27. The van der Waals surface area contributed by atoms with Crippen LogP contribution in [0.1, 0.15) is 32.8 Å². The fraction of sp³-hybridized carbons (Fsp3) is 0.600. The maximum absolute atomic E-state index is 12.4. The lowest BCUT2D eigenvalue weighted by Crippen LogP contribution is -2.44. The number of likely N-dealkylation sites (tertiary alicyclic amines) is 1. The van der Waals surface area contributed by atoms with Gasteiger partial charge >= 0.3 is 12.1 Å². The number of rotatable bonds is 7. The van der Waals surface area contributed by atoms with E-state index in [0.29, 0.717) is 26.2 Å². The molecule has 1 saturated heterocycles. The number of hydrogen-bond donors (Lipinski definition) is 0. The van der Waals surface area contributed by atoms with Crippen LogP contribution in [0, 0.1) is 0 Å². The van der Waals surface area contributed by atoms with Gasteiger partial charge in [-0.1, -0.05) is 30.3 Å². The molecule has 2 rings (SSSR count). The fourth-order valence-electron chi connectivity index (χ4n) is 2.84. The van der Waals surface area contributed by atoms with Crippen molar-refractivity contribution in [2.45, 2.75) is 51.5 Å². The van der Waals surface area contributed by atoms with Crippen molar-refractivity contribution >= 4 is 12.1 Å². The third-order valence-electron chi connectivity index (χ3n) is 4.06. The number of amides is 1. The van der Waals surface area contributed by atoms with Crippen molar-refractivity contribution in [1.29, 1.82) is 0 Å². The average molecular weight is 379 g/mol. The van der Waals surface area contributed by atoms with Crippen molar-refractivity contribution < 1.29 is 28.5 Å². The Balaban J connectivity index is 1.80. The Morgan fingerprint density at radius 3 is 2.48 bits per heavy atom. The number of methoxy groups -OCH3 is 1. The molecule has 1 aliphatic rings. The zero-order chi connectivity index (χ0) is 19.9. The van der Waals surface area contributed by atoms with Gasteiger partial charge in [0.2, 0.25) is 0 Å². The van der Waals surface area contributed by atoms with E-state index in [2.05, 4.69) is 0 Å². The third-order valence-corrected chi connectivity index (χ3v) is 4.06. The van der Waals surface area contributed by atoms with Gasteiger partial charge in [-0.25, -0.2) is 9.59 Å². The highest BCUT2D eigenvalue weighted by Gasteiger charge is 2.42. The van der Waals surface area contributed by atoms with Gasteiger partial charge in [-0.05, 0) is 26.3 Å². The molecule has 0 spiro atoms. The molecule has 150 valence electrons. The maximum atomic E-state index is 12.4. The van der Waals surface area contributed by atoms with Gasteiger partial charge in [0.1, 0.15) is 11.6 Å². The van der Waals surface area contributed by atoms with Crippen LogP contribution in [0.5, 0.6) is 0 Å². The molecule has 1 fully saturated rings. The van der Waals surface area contributed by atoms with Crippen LogP contribution in [0.4, 0.5) is 4.79 Å².